The number of nitrogens with one attached hydrogen (secondary N) is 1. The predicted octanol–water partition coefficient (Wildman–Crippen LogP) is 2.07. The molecule has 0 aliphatic carbocycles. The van der Waals surface area contributed by atoms with Gasteiger partial charge in [0.05, 0.1) is 6.61 Å². The number of hydrogen-bond donors (Lipinski definition) is 2. The highest BCUT2D eigenvalue weighted by Crippen LogP contribution is 2.17. The lowest BCUT2D eigenvalue weighted by atomic mass is 9.99. The molecular weight excluding hydrogens is 214 g/mol. The minimum atomic E-state index is -0.0153. The van der Waals surface area contributed by atoms with E-state index in [1.54, 1.807) is 0 Å². The van der Waals surface area contributed by atoms with Gasteiger partial charge in [0.1, 0.15) is 0 Å². The summed E-state index contributed by atoms with van der Waals surface area (Å²) in [4.78, 5) is 11.5. The molecule has 0 fully saturated rings. The number of carbonyl (C=O) groups is 1. The second kappa shape index (κ2) is 5.82. The Hall–Kier alpha value is -1.35. The highest BCUT2D eigenvalue weighted by atomic mass is 16.3. The molecule has 0 saturated heterocycles. The Balaban J connectivity index is 2.86. The van der Waals surface area contributed by atoms with Gasteiger partial charge in [-0.2, -0.15) is 0 Å². The first-order chi connectivity index (χ1) is 7.95. The van der Waals surface area contributed by atoms with Gasteiger partial charge in [0, 0.05) is 12.5 Å². The van der Waals surface area contributed by atoms with Crippen LogP contribution in [-0.4, -0.2) is 11.0 Å². The molecule has 3 heteroatoms. The average Bonchev–Trinajstić information content (AvgIpc) is 2.24. The second-order valence-electron chi connectivity index (χ2n) is 4.75. The first-order valence-corrected chi connectivity index (χ1v) is 5.93. The third-order valence-corrected chi connectivity index (χ3v) is 2.85. The zero-order chi connectivity index (χ0) is 13.0. The summed E-state index contributed by atoms with van der Waals surface area (Å²) in [6.07, 6.45) is 0. The molecule has 1 amide bonds. The maximum Gasteiger partial charge on any atom is 0.222 e. The quantitative estimate of drug-likeness (QED) is 0.839. The van der Waals surface area contributed by atoms with Crippen molar-refractivity contribution in [3.63, 3.8) is 0 Å². The van der Waals surface area contributed by atoms with Crippen molar-refractivity contribution in [3.8, 4) is 0 Å². The molecule has 0 aliphatic heterocycles. The van der Waals surface area contributed by atoms with Crippen LogP contribution in [0, 0.1) is 19.8 Å². The molecule has 2 N–H and O–H groups in total. The molecule has 0 unspecified atom stereocenters. The molecule has 0 aliphatic rings. The summed E-state index contributed by atoms with van der Waals surface area (Å²) >= 11 is 0. The third-order valence-electron chi connectivity index (χ3n) is 2.85. The van der Waals surface area contributed by atoms with Gasteiger partial charge < -0.3 is 10.4 Å². The van der Waals surface area contributed by atoms with Crippen LogP contribution in [0.15, 0.2) is 12.1 Å². The van der Waals surface area contributed by atoms with Crippen LogP contribution in [-0.2, 0) is 17.9 Å². The number of hydrogen-bond acceptors (Lipinski definition) is 2. The van der Waals surface area contributed by atoms with Gasteiger partial charge in [0.15, 0.2) is 0 Å². The van der Waals surface area contributed by atoms with Gasteiger partial charge in [-0.15, -0.1) is 0 Å². The van der Waals surface area contributed by atoms with E-state index < -0.39 is 0 Å². The largest absolute Gasteiger partial charge is 0.392 e. The number of aryl methyl sites for hydroxylation is 2. The van der Waals surface area contributed by atoms with Crippen LogP contribution in [0.5, 0.6) is 0 Å². The SMILES string of the molecule is Cc1cc(C)c(CO)c(CNC(=O)C(C)C)c1. The van der Waals surface area contributed by atoms with Crippen molar-refractivity contribution in [2.24, 2.45) is 5.92 Å². The molecule has 17 heavy (non-hydrogen) atoms. The van der Waals surface area contributed by atoms with Gasteiger partial charge in [-0.1, -0.05) is 31.5 Å². The van der Waals surface area contributed by atoms with Crippen LogP contribution < -0.4 is 5.32 Å². The van der Waals surface area contributed by atoms with E-state index in [0.29, 0.717) is 6.54 Å². The normalized spacial score (nSPS) is 10.7. The second-order valence-corrected chi connectivity index (χ2v) is 4.75. The van der Waals surface area contributed by atoms with Crippen molar-refractivity contribution >= 4 is 5.91 Å². The Morgan fingerprint density at radius 1 is 1.35 bits per heavy atom. The fraction of sp³-hybridized carbons (Fsp3) is 0.500. The van der Waals surface area contributed by atoms with Crippen molar-refractivity contribution in [1.82, 2.24) is 5.32 Å². The maximum atomic E-state index is 11.5. The van der Waals surface area contributed by atoms with E-state index >= 15 is 0 Å². The molecule has 0 heterocycles. The number of rotatable bonds is 4. The Kier molecular flexibility index (Phi) is 4.70. The molecule has 1 aromatic rings. The summed E-state index contributed by atoms with van der Waals surface area (Å²) in [7, 11) is 0. The lowest BCUT2D eigenvalue weighted by Gasteiger charge is -2.14. The molecule has 0 bridgehead atoms. The average molecular weight is 235 g/mol. The third kappa shape index (κ3) is 3.56. The first kappa shape index (κ1) is 13.7. The number of carbonyl (C=O) groups excluding carboxylic acids is 1. The lowest BCUT2D eigenvalue weighted by molar-refractivity contribution is -0.124. The number of benzene rings is 1. The van der Waals surface area contributed by atoms with Crippen LogP contribution in [0.1, 0.15) is 36.1 Å². The van der Waals surface area contributed by atoms with Crippen molar-refractivity contribution < 1.29 is 9.90 Å². The van der Waals surface area contributed by atoms with E-state index in [9.17, 15) is 9.90 Å². The van der Waals surface area contributed by atoms with Gasteiger partial charge >= 0.3 is 0 Å². The van der Waals surface area contributed by atoms with Gasteiger partial charge in [-0.05, 0) is 30.5 Å². The molecule has 0 atom stereocenters. The van der Waals surface area contributed by atoms with Crippen LogP contribution in [0.2, 0.25) is 0 Å². The standard InChI is InChI=1S/C14H21NO2/c1-9(2)14(17)15-7-12-6-10(3)5-11(4)13(12)8-16/h5-6,9,16H,7-8H2,1-4H3,(H,15,17). The highest BCUT2D eigenvalue weighted by Gasteiger charge is 2.09. The van der Waals surface area contributed by atoms with Gasteiger partial charge in [-0.25, -0.2) is 0 Å². The molecule has 3 nitrogen and oxygen atoms in total. The molecule has 0 saturated carbocycles. The molecule has 1 aromatic carbocycles. The Morgan fingerprint density at radius 2 is 2.00 bits per heavy atom. The van der Waals surface area contributed by atoms with E-state index in [4.69, 9.17) is 0 Å². The van der Waals surface area contributed by atoms with E-state index in [2.05, 4.69) is 5.32 Å². The van der Waals surface area contributed by atoms with Crippen LogP contribution >= 0.6 is 0 Å². The summed E-state index contributed by atoms with van der Waals surface area (Å²) in [5.41, 5.74) is 4.13. The fourth-order valence-electron chi connectivity index (χ4n) is 1.86. The Bertz CT molecular complexity index is 411. The number of aliphatic hydroxyl groups is 1. The topological polar surface area (TPSA) is 49.3 Å². The molecule has 0 spiro atoms. The van der Waals surface area contributed by atoms with E-state index in [0.717, 1.165) is 22.3 Å². The Morgan fingerprint density at radius 3 is 2.53 bits per heavy atom. The van der Waals surface area contributed by atoms with E-state index in [-0.39, 0.29) is 18.4 Å². The van der Waals surface area contributed by atoms with E-state index in [1.807, 2.05) is 39.8 Å². The summed E-state index contributed by atoms with van der Waals surface area (Å²) < 4.78 is 0. The van der Waals surface area contributed by atoms with Gasteiger partial charge in [-0.3, -0.25) is 4.79 Å². The zero-order valence-electron chi connectivity index (χ0n) is 11.0. The summed E-state index contributed by atoms with van der Waals surface area (Å²) in [5, 5.41) is 12.2. The van der Waals surface area contributed by atoms with Crippen molar-refractivity contribution in [1.29, 1.82) is 0 Å². The number of aliphatic hydroxyl groups excluding tert-OH is 1. The molecule has 0 aromatic heterocycles. The Labute approximate surface area is 103 Å². The fourth-order valence-corrected chi connectivity index (χ4v) is 1.86. The smallest absolute Gasteiger partial charge is 0.222 e. The van der Waals surface area contributed by atoms with Crippen LogP contribution in [0.3, 0.4) is 0 Å². The number of amides is 1. The maximum absolute atomic E-state index is 11.5. The van der Waals surface area contributed by atoms with Crippen molar-refractivity contribution in [2.75, 3.05) is 0 Å². The molecule has 94 valence electrons. The van der Waals surface area contributed by atoms with E-state index in [1.165, 1.54) is 0 Å². The van der Waals surface area contributed by atoms with Gasteiger partial charge in [0.2, 0.25) is 5.91 Å². The molecular formula is C14H21NO2. The van der Waals surface area contributed by atoms with Crippen molar-refractivity contribution in [2.45, 2.75) is 40.8 Å². The monoisotopic (exact) mass is 235 g/mol. The lowest BCUT2D eigenvalue weighted by Crippen LogP contribution is -2.27. The van der Waals surface area contributed by atoms with Crippen LogP contribution in [0.4, 0.5) is 0 Å². The van der Waals surface area contributed by atoms with Gasteiger partial charge in [0.25, 0.3) is 0 Å². The molecule has 1 rings (SSSR count). The predicted molar refractivity (Wildman–Crippen MR) is 68.5 cm³/mol. The minimum Gasteiger partial charge on any atom is -0.392 e. The summed E-state index contributed by atoms with van der Waals surface area (Å²) in [5.74, 6) is 0.0199. The summed E-state index contributed by atoms with van der Waals surface area (Å²) in [6.45, 7) is 8.22. The van der Waals surface area contributed by atoms with Crippen molar-refractivity contribution in [3.05, 3.63) is 34.4 Å². The highest BCUT2D eigenvalue weighted by molar-refractivity contribution is 5.77. The minimum absolute atomic E-state index is 0.0129. The molecule has 0 radical (unpaired) electrons. The summed E-state index contributed by atoms with van der Waals surface area (Å²) in [6, 6.07) is 4.05. The first-order valence-electron chi connectivity index (χ1n) is 5.93. The zero-order valence-corrected chi connectivity index (χ0v) is 11.0. The van der Waals surface area contributed by atoms with Crippen LogP contribution in [0.25, 0.3) is 0 Å².